The number of hydrogen-bond donors (Lipinski definition) is 2. The number of rotatable bonds is 6. The van der Waals surface area contributed by atoms with Crippen molar-refractivity contribution in [1.82, 2.24) is 4.72 Å². The van der Waals surface area contributed by atoms with Gasteiger partial charge in [-0.05, 0) is 24.6 Å². The second-order valence-corrected chi connectivity index (χ2v) is 5.98. The molecule has 0 fully saturated rings. The van der Waals surface area contributed by atoms with E-state index >= 15 is 0 Å². The van der Waals surface area contributed by atoms with Crippen LogP contribution in [-0.2, 0) is 14.8 Å². The van der Waals surface area contributed by atoms with Gasteiger partial charge < -0.3 is 10.5 Å². The van der Waals surface area contributed by atoms with Crippen molar-refractivity contribution in [2.45, 2.75) is 18.0 Å². The molecular weight excluding hydrogens is 316 g/mol. The number of aryl methyl sites for hydroxylation is 1. The van der Waals surface area contributed by atoms with Gasteiger partial charge in [-0.15, -0.1) is 0 Å². The lowest BCUT2D eigenvalue weighted by atomic mass is 10.2. The number of nitrogens with two attached hydrogens (primary N) is 1. The summed E-state index contributed by atoms with van der Waals surface area (Å²) in [4.78, 5) is -0.269. The zero-order valence-electron chi connectivity index (χ0n) is 11.0. The molecule has 3 N–H and O–H groups in total. The molecule has 10 heteroatoms. The van der Waals surface area contributed by atoms with Gasteiger partial charge in [0.1, 0.15) is 12.4 Å². The van der Waals surface area contributed by atoms with Crippen LogP contribution in [0.2, 0.25) is 0 Å². The molecule has 0 saturated heterocycles. The van der Waals surface area contributed by atoms with Crippen molar-refractivity contribution in [1.29, 1.82) is 0 Å². The third kappa shape index (κ3) is 5.48. The molecule has 21 heavy (non-hydrogen) atoms. The second-order valence-electron chi connectivity index (χ2n) is 4.21. The summed E-state index contributed by atoms with van der Waals surface area (Å²) in [5.74, 6) is -0.720. The normalized spacial score (nSPS) is 12.6. The first kappa shape index (κ1) is 17.7. The van der Waals surface area contributed by atoms with Crippen molar-refractivity contribution in [3.8, 4) is 0 Å². The highest BCUT2D eigenvalue weighted by Crippen LogP contribution is 2.20. The topological polar surface area (TPSA) is 81.4 Å². The SMILES string of the molecule is Cc1cc(S(=O)(=O)NCCOCC(F)(F)F)cc(N)c1F. The summed E-state index contributed by atoms with van der Waals surface area (Å²) in [6.45, 7) is -0.919. The maximum absolute atomic E-state index is 13.3. The molecule has 1 rings (SSSR count). The van der Waals surface area contributed by atoms with E-state index in [0.29, 0.717) is 0 Å². The molecule has 0 aliphatic rings. The molecule has 0 amide bonds. The first-order valence-corrected chi connectivity index (χ1v) is 7.21. The van der Waals surface area contributed by atoms with E-state index in [-0.39, 0.29) is 22.7 Å². The summed E-state index contributed by atoms with van der Waals surface area (Å²) in [7, 11) is -4.00. The minimum Gasteiger partial charge on any atom is -0.396 e. The van der Waals surface area contributed by atoms with Gasteiger partial charge in [0, 0.05) is 6.54 Å². The van der Waals surface area contributed by atoms with E-state index in [2.05, 4.69) is 4.74 Å². The predicted molar refractivity (Wildman–Crippen MR) is 67.6 cm³/mol. The van der Waals surface area contributed by atoms with Crippen LogP contribution < -0.4 is 10.5 Å². The summed E-state index contributed by atoms with van der Waals surface area (Å²) >= 11 is 0. The molecule has 0 aliphatic carbocycles. The molecule has 1 aromatic rings. The van der Waals surface area contributed by atoms with Crippen LogP contribution in [0, 0.1) is 12.7 Å². The highest BCUT2D eigenvalue weighted by Gasteiger charge is 2.27. The summed E-state index contributed by atoms with van der Waals surface area (Å²) in [5, 5.41) is 0. The highest BCUT2D eigenvalue weighted by molar-refractivity contribution is 7.89. The number of hydrogen-bond acceptors (Lipinski definition) is 4. The molecule has 5 nitrogen and oxygen atoms in total. The molecule has 0 saturated carbocycles. The first-order valence-electron chi connectivity index (χ1n) is 5.73. The van der Waals surface area contributed by atoms with Gasteiger partial charge in [0.2, 0.25) is 10.0 Å². The Morgan fingerprint density at radius 1 is 1.33 bits per heavy atom. The van der Waals surface area contributed by atoms with Crippen molar-refractivity contribution in [3.05, 3.63) is 23.5 Å². The van der Waals surface area contributed by atoms with E-state index in [0.717, 1.165) is 12.1 Å². The molecule has 0 aliphatic heterocycles. The molecule has 120 valence electrons. The Kier molecular flexibility index (Phi) is 5.54. The molecule has 0 spiro atoms. The van der Waals surface area contributed by atoms with Crippen LogP contribution in [0.15, 0.2) is 17.0 Å². The van der Waals surface area contributed by atoms with E-state index in [1.807, 2.05) is 4.72 Å². The Bertz CT molecular complexity index is 579. The van der Waals surface area contributed by atoms with Crippen LogP contribution in [0.4, 0.5) is 23.2 Å². The number of anilines is 1. The van der Waals surface area contributed by atoms with E-state index < -0.39 is 35.2 Å². The summed E-state index contributed by atoms with van der Waals surface area (Å²) in [5.41, 5.74) is 5.04. The fraction of sp³-hybridized carbons (Fsp3) is 0.455. The van der Waals surface area contributed by atoms with Crippen molar-refractivity contribution >= 4 is 15.7 Å². The van der Waals surface area contributed by atoms with Crippen LogP contribution in [0.3, 0.4) is 0 Å². The van der Waals surface area contributed by atoms with Gasteiger partial charge in [-0.25, -0.2) is 17.5 Å². The van der Waals surface area contributed by atoms with Gasteiger partial charge in [-0.2, -0.15) is 13.2 Å². The minimum absolute atomic E-state index is 0.0451. The minimum atomic E-state index is -4.47. The summed E-state index contributed by atoms with van der Waals surface area (Å²) in [6, 6.07) is 2.01. The number of halogens is 4. The predicted octanol–water partition coefficient (Wildman–Crippen LogP) is 1.57. The molecule has 0 bridgehead atoms. The Morgan fingerprint density at radius 2 is 1.95 bits per heavy atom. The number of sulfonamides is 1. The monoisotopic (exact) mass is 330 g/mol. The van der Waals surface area contributed by atoms with Crippen molar-refractivity contribution in [2.24, 2.45) is 0 Å². The highest BCUT2D eigenvalue weighted by atomic mass is 32.2. The maximum atomic E-state index is 13.3. The van der Waals surface area contributed by atoms with Crippen LogP contribution in [0.5, 0.6) is 0 Å². The van der Waals surface area contributed by atoms with Gasteiger partial charge in [0.25, 0.3) is 0 Å². The Balaban J connectivity index is 2.62. The van der Waals surface area contributed by atoms with Crippen LogP contribution >= 0.6 is 0 Å². The van der Waals surface area contributed by atoms with Crippen molar-refractivity contribution in [3.63, 3.8) is 0 Å². The van der Waals surface area contributed by atoms with Gasteiger partial charge in [-0.3, -0.25) is 0 Å². The number of alkyl halides is 3. The Morgan fingerprint density at radius 3 is 2.48 bits per heavy atom. The quantitative estimate of drug-likeness (QED) is 0.471. The van der Waals surface area contributed by atoms with E-state index in [1.54, 1.807) is 0 Å². The van der Waals surface area contributed by atoms with Crippen LogP contribution in [0.25, 0.3) is 0 Å². The number of ether oxygens (including phenoxy) is 1. The number of benzene rings is 1. The molecule has 0 heterocycles. The van der Waals surface area contributed by atoms with E-state index in [4.69, 9.17) is 5.73 Å². The average Bonchev–Trinajstić information content (AvgIpc) is 2.33. The number of nitrogens with one attached hydrogen (secondary N) is 1. The summed E-state index contributed by atoms with van der Waals surface area (Å²) in [6.07, 6.45) is -4.47. The largest absolute Gasteiger partial charge is 0.411 e. The van der Waals surface area contributed by atoms with Gasteiger partial charge in [-0.1, -0.05) is 0 Å². The number of nitrogen functional groups attached to an aromatic ring is 1. The van der Waals surface area contributed by atoms with Crippen molar-refractivity contribution in [2.75, 3.05) is 25.5 Å². The standard InChI is InChI=1S/C11H14F4N2O3S/c1-7-4-8(5-9(16)10(7)12)21(18,19)17-2-3-20-6-11(13,14)15/h4-5,17H,2-3,6,16H2,1H3. The average molecular weight is 330 g/mol. The molecular formula is C11H14F4N2O3S. The third-order valence-corrected chi connectivity index (χ3v) is 3.81. The summed E-state index contributed by atoms with van der Waals surface area (Å²) < 4.78 is 78.7. The molecule has 0 atom stereocenters. The fourth-order valence-corrected chi connectivity index (χ4v) is 2.57. The van der Waals surface area contributed by atoms with Gasteiger partial charge >= 0.3 is 6.18 Å². The molecule has 1 aromatic carbocycles. The lowest BCUT2D eigenvalue weighted by Crippen LogP contribution is -2.29. The molecule has 0 radical (unpaired) electrons. The Hall–Kier alpha value is -1.39. The molecule has 0 aromatic heterocycles. The zero-order valence-corrected chi connectivity index (χ0v) is 11.8. The van der Waals surface area contributed by atoms with Crippen molar-refractivity contribution < 1.29 is 30.7 Å². The maximum Gasteiger partial charge on any atom is 0.411 e. The zero-order chi connectivity index (χ0) is 16.3. The fourth-order valence-electron chi connectivity index (χ4n) is 1.44. The van der Waals surface area contributed by atoms with Gasteiger partial charge in [0.15, 0.2) is 0 Å². The van der Waals surface area contributed by atoms with E-state index in [1.165, 1.54) is 6.92 Å². The van der Waals surface area contributed by atoms with E-state index in [9.17, 15) is 26.0 Å². The molecule has 0 unspecified atom stereocenters. The Labute approximate surface area is 119 Å². The van der Waals surface area contributed by atoms with Crippen LogP contribution in [-0.4, -0.2) is 34.4 Å². The van der Waals surface area contributed by atoms with Crippen LogP contribution in [0.1, 0.15) is 5.56 Å². The first-order chi connectivity index (χ1) is 9.53. The lowest BCUT2D eigenvalue weighted by Gasteiger charge is -2.10. The van der Waals surface area contributed by atoms with Gasteiger partial charge in [0.05, 0.1) is 17.2 Å². The smallest absolute Gasteiger partial charge is 0.396 e. The lowest BCUT2D eigenvalue weighted by molar-refractivity contribution is -0.173. The third-order valence-electron chi connectivity index (χ3n) is 2.37. The second kappa shape index (κ2) is 6.58.